The maximum atomic E-state index is 9.59. The molecule has 3 heteroatoms. The normalized spacial score (nSPS) is 23.1. The average molecular weight is 234 g/mol. The van der Waals surface area contributed by atoms with Crippen molar-refractivity contribution in [1.82, 2.24) is 4.90 Å². The molecule has 0 spiro atoms. The first-order chi connectivity index (χ1) is 8.19. The van der Waals surface area contributed by atoms with Crippen LogP contribution < -0.4 is 5.73 Å². The first-order valence-electron chi connectivity index (χ1n) is 6.34. The minimum atomic E-state index is -0.397. The lowest BCUT2D eigenvalue weighted by Gasteiger charge is -2.31. The molecule has 0 aromatic carbocycles. The van der Waals surface area contributed by atoms with E-state index in [0.717, 1.165) is 25.9 Å². The van der Waals surface area contributed by atoms with Gasteiger partial charge in [-0.3, -0.25) is 4.90 Å². The number of aliphatic hydroxyl groups excluding tert-OH is 1. The van der Waals surface area contributed by atoms with Crippen molar-refractivity contribution in [2.24, 2.45) is 5.73 Å². The van der Waals surface area contributed by atoms with Crippen LogP contribution in [-0.4, -0.2) is 42.3 Å². The summed E-state index contributed by atoms with van der Waals surface area (Å²) in [6.45, 7) is 5.21. The Morgan fingerprint density at radius 2 is 2.35 bits per heavy atom. The molecule has 1 atom stereocenters. The van der Waals surface area contributed by atoms with Crippen molar-refractivity contribution in [3.8, 4) is 0 Å². The maximum Gasteiger partial charge on any atom is 0.0789 e. The number of hydrogen-bond donors (Lipinski definition) is 2. The van der Waals surface area contributed by atoms with E-state index < -0.39 is 6.10 Å². The molecule has 1 heterocycles. The van der Waals surface area contributed by atoms with Gasteiger partial charge in [0.05, 0.1) is 6.10 Å². The zero-order valence-electron chi connectivity index (χ0n) is 10.5. The maximum absolute atomic E-state index is 9.59. The van der Waals surface area contributed by atoms with Gasteiger partial charge in [0.1, 0.15) is 0 Å². The highest BCUT2D eigenvalue weighted by molar-refractivity contribution is 5.37. The van der Waals surface area contributed by atoms with E-state index in [1.165, 1.54) is 11.1 Å². The Bertz CT molecular complexity index is 368. The second-order valence-corrected chi connectivity index (χ2v) is 5.05. The Morgan fingerprint density at radius 3 is 3.12 bits per heavy atom. The topological polar surface area (TPSA) is 49.5 Å². The summed E-state index contributed by atoms with van der Waals surface area (Å²) in [5.41, 5.74) is 9.87. The third kappa shape index (κ3) is 3.28. The van der Waals surface area contributed by atoms with Gasteiger partial charge in [-0.05, 0) is 25.3 Å². The second-order valence-electron chi connectivity index (χ2n) is 5.05. The Kier molecular flexibility index (Phi) is 4.15. The summed E-state index contributed by atoms with van der Waals surface area (Å²) in [5, 5.41) is 9.59. The van der Waals surface area contributed by atoms with Crippen molar-refractivity contribution in [2.75, 3.05) is 26.2 Å². The smallest absolute Gasteiger partial charge is 0.0789 e. The Labute approximate surface area is 103 Å². The van der Waals surface area contributed by atoms with Crippen LogP contribution in [0.4, 0.5) is 0 Å². The fourth-order valence-electron chi connectivity index (χ4n) is 2.51. The van der Waals surface area contributed by atoms with Gasteiger partial charge in [-0.15, -0.1) is 0 Å². The molecule has 0 radical (unpaired) electrons. The summed E-state index contributed by atoms with van der Waals surface area (Å²) < 4.78 is 0. The van der Waals surface area contributed by atoms with Gasteiger partial charge in [0, 0.05) is 26.2 Å². The summed E-state index contributed by atoms with van der Waals surface area (Å²) in [5.74, 6) is 0. The zero-order chi connectivity index (χ0) is 12.3. The minimum Gasteiger partial charge on any atom is -0.390 e. The predicted octanol–water partition coefficient (Wildman–Crippen LogP) is 1.21. The van der Waals surface area contributed by atoms with Gasteiger partial charge in [0.2, 0.25) is 0 Å². The molecule has 2 rings (SSSR count). The van der Waals surface area contributed by atoms with Gasteiger partial charge in [0.15, 0.2) is 0 Å². The lowest BCUT2D eigenvalue weighted by atomic mass is 9.95. The van der Waals surface area contributed by atoms with E-state index in [4.69, 9.17) is 5.73 Å². The van der Waals surface area contributed by atoms with Crippen LogP contribution in [0.5, 0.6) is 0 Å². The van der Waals surface area contributed by atoms with E-state index in [2.05, 4.69) is 30.1 Å². The summed E-state index contributed by atoms with van der Waals surface area (Å²) in [7, 11) is 0. The van der Waals surface area contributed by atoms with Gasteiger partial charge in [-0.25, -0.2) is 0 Å². The van der Waals surface area contributed by atoms with Crippen molar-refractivity contribution < 1.29 is 5.11 Å². The molecule has 1 aliphatic heterocycles. The Morgan fingerprint density at radius 1 is 1.53 bits per heavy atom. The number of allylic oxidation sites excluding steroid dienone is 3. The lowest BCUT2D eigenvalue weighted by molar-refractivity contribution is 0.121. The highest BCUT2D eigenvalue weighted by Gasteiger charge is 2.19. The van der Waals surface area contributed by atoms with Crippen LogP contribution >= 0.6 is 0 Å². The SMILES string of the molecule is CC1=CC=CC2=C(CCN(CC(O)CN)C2)C1. The largest absolute Gasteiger partial charge is 0.390 e. The van der Waals surface area contributed by atoms with E-state index in [1.807, 2.05) is 0 Å². The van der Waals surface area contributed by atoms with Crippen LogP contribution in [-0.2, 0) is 0 Å². The van der Waals surface area contributed by atoms with Crippen molar-refractivity contribution in [2.45, 2.75) is 25.9 Å². The van der Waals surface area contributed by atoms with Crippen molar-refractivity contribution in [3.63, 3.8) is 0 Å². The number of hydrogen-bond acceptors (Lipinski definition) is 3. The lowest BCUT2D eigenvalue weighted by Crippen LogP contribution is -2.40. The molecule has 0 saturated carbocycles. The monoisotopic (exact) mass is 234 g/mol. The van der Waals surface area contributed by atoms with Gasteiger partial charge in [-0.2, -0.15) is 0 Å². The van der Waals surface area contributed by atoms with Crippen molar-refractivity contribution >= 4 is 0 Å². The van der Waals surface area contributed by atoms with Crippen LogP contribution in [0.3, 0.4) is 0 Å². The van der Waals surface area contributed by atoms with Crippen molar-refractivity contribution in [1.29, 1.82) is 0 Å². The molecule has 1 unspecified atom stereocenters. The molecule has 17 heavy (non-hydrogen) atoms. The first-order valence-corrected chi connectivity index (χ1v) is 6.34. The van der Waals surface area contributed by atoms with E-state index in [0.29, 0.717) is 13.1 Å². The molecule has 0 aromatic heterocycles. The highest BCUT2D eigenvalue weighted by Crippen LogP contribution is 2.26. The zero-order valence-corrected chi connectivity index (χ0v) is 10.5. The number of nitrogens with zero attached hydrogens (tertiary/aromatic N) is 1. The van der Waals surface area contributed by atoms with E-state index in [1.54, 1.807) is 5.57 Å². The molecule has 3 N–H and O–H groups in total. The second kappa shape index (κ2) is 5.63. The summed E-state index contributed by atoms with van der Waals surface area (Å²) in [6.07, 6.45) is 8.37. The Hall–Kier alpha value is -0.900. The number of nitrogens with two attached hydrogens (primary N) is 1. The standard InChI is InChI=1S/C14H22N2O/c1-11-3-2-4-13-9-16(10-14(17)8-15)6-5-12(13)7-11/h2-4,14,17H,5-10,15H2,1H3. The molecule has 0 saturated heterocycles. The molecule has 2 aliphatic rings. The van der Waals surface area contributed by atoms with Crippen LogP contribution in [0.1, 0.15) is 19.8 Å². The average Bonchev–Trinajstić information content (AvgIpc) is 2.49. The Balaban J connectivity index is 2.01. The molecule has 94 valence electrons. The van der Waals surface area contributed by atoms with Crippen LogP contribution in [0, 0.1) is 0 Å². The number of aliphatic hydroxyl groups is 1. The summed E-state index contributed by atoms with van der Waals surface area (Å²) >= 11 is 0. The molecular weight excluding hydrogens is 212 g/mol. The van der Waals surface area contributed by atoms with Gasteiger partial charge in [0.25, 0.3) is 0 Å². The van der Waals surface area contributed by atoms with Crippen molar-refractivity contribution in [3.05, 3.63) is 34.9 Å². The molecule has 1 aliphatic carbocycles. The molecular formula is C14H22N2O. The quantitative estimate of drug-likeness (QED) is 0.772. The van der Waals surface area contributed by atoms with Crippen LogP contribution in [0.2, 0.25) is 0 Å². The predicted molar refractivity (Wildman–Crippen MR) is 70.7 cm³/mol. The van der Waals surface area contributed by atoms with Crippen LogP contribution in [0.25, 0.3) is 0 Å². The van der Waals surface area contributed by atoms with E-state index in [9.17, 15) is 5.11 Å². The third-order valence-electron chi connectivity index (χ3n) is 3.49. The fourth-order valence-corrected chi connectivity index (χ4v) is 2.51. The van der Waals surface area contributed by atoms with E-state index in [-0.39, 0.29) is 0 Å². The first kappa shape index (κ1) is 12.6. The fraction of sp³-hybridized carbons (Fsp3) is 0.571. The molecule has 0 bridgehead atoms. The van der Waals surface area contributed by atoms with Gasteiger partial charge in [-0.1, -0.05) is 29.4 Å². The van der Waals surface area contributed by atoms with Gasteiger partial charge >= 0.3 is 0 Å². The molecule has 0 amide bonds. The summed E-state index contributed by atoms with van der Waals surface area (Å²) in [4.78, 5) is 2.29. The number of rotatable bonds is 3. The third-order valence-corrected chi connectivity index (χ3v) is 3.49. The van der Waals surface area contributed by atoms with Crippen LogP contribution in [0.15, 0.2) is 34.9 Å². The van der Waals surface area contributed by atoms with E-state index >= 15 is 0 Å². The minimum absolute atomic E-state index is 0.346. The summed E-state index contributed by atoms with van der Waals surface area (Å²) in [6, 6.07) is 0. The number of β-amino-alcohol motifs (C(OH)–C–C–N with tert-alkyl or cyclic N) is 1. The van der Waals surface area contributed by atoms with Gasteiger partial charge < -0.3 is 10.8 Å². The molecule has 0 aromatic rings. The molecule has 0 fully saturated rings. The molecule has 3 nitrogen and oxygen atoms in total. The highest BCUT2D eigenvalue weighted by atomic mass is 16.3.